The van der Waals surface area contributed by atoms with Crippen LogP contribution in [0.4, 0.5) is 5.69 Å². The third-order valence-corrected chi connectivity index (χ3v) is 9.91. The van der Waals surface area contributed by atoms with Crippen LogP contribution >= 0.6 is 11.6 Å². The number of fused-ring (bicyclic) bond motifs is 5. The van der Waals surface area contributed by atoms with E-state index in [4.69, 9.17) is 11.6 Å². The van der Waals surface area contributed by atoms with Crippen molar-refractivity contribution in [1.82, 2.24) is 0 Å². The van der Waals surface area contributed by atoms with Gasteiger partial charge in [-0.25, -0.2) is 4.90 Å². The van der Waals surface area contributed by atoms with Gasteiger partial charge in [0.05, 0.1) is 28.4 Å². The second-order valence-corrected chi connectivity index (χ2v) is 12.0. The molecule has 0 N–H and O–H groups in total. The van der Waals surface area contributed by atoms with Crippen molar-refractivity contribution in [3.8, 4) is 0 Å². The molecule has 0 radical (unpaired) electrons. The number of Topliss-reactive ketones (excluding diaryl/α,β-unsaturated/α-hetero) is 1. The Hall–Kier alpha value is -5.06. The molecule has 1 saturated carbocycles. The van der Waals surface area contributed by atoms with Gasteiger partial charge in [0.1, 0.15) is 0 Å². The molecule has 1 aliphatic heterocycles. The number of nitrogens with zero attached hydrogens (tertiary/aromatic N) is 1. The molecule has 2 bridgehead atoms. The van der Waals surface area contributed by atoms with Crippen molar-refractivity contribution in [1.29, 1.82) is 0 Å². The van der Waals surface area contributed by atoms with E-state index in [1.54, 1.807) is 24.3 Å². The number of carbonyl (C=O) groups excluding carboxylic acids is 3. The van der Waals surface area contributed by atoms with E-state index < -0.39 is 22.7 Å². The second-order valence-electron chi connectivity index (χ2n) is 11.6. The summed E-state index contributed by atoms with van der Waals surface area (Å²) in [5, 5.41) is 0.504. The van der Waals surface area contributed by atoms with Gasteiger partial charge in [0.15, 0.2) is 5.78 Å². The highest BCUT2D eigenvalue weighted by atomic mass is 35.5. The van der Waals surface area contributed by atoms with E-state index >= 15 is 4.79 Å². The predicted octanol–water partition coefficient (Wildman–Crippen LogP) is 7.53. The Labute approximate surface area is 260 Å². The van der Waals surface area contributed by atoms with Crippen LogP contribution in [0.5, 0.6) is 0 Å². The predicted molar refractivity (Wildman–Crippen MR) is 172 cm³/mol. The number of ketones is 1. The molecular weight excluding hydrogens is 566 g/mol. The molecule has 5 aromatic rings. The number of hydrogen-bond acceptors (Lipinski definition) is 3. The van der Waals surface area contributed by atoms with Crippen molar-refractivity contribution in [2.45, 2.75) is 10.8 Å². The van der Waals surface area contributed by atoms with Crippen LogP contribution in [0.1, 0.15) is 22.3 Å². The molecule has 0 aromatic heterocycles. The molecule has 212 valence electrons. The van der Waals surface area contributed by atoms with E-state index in [2.05, 4.69) is 0 Å². The van der Waals surface area contributed by atoms with Crippen LogP contribution < -0.4 is 4.90 Å². The number of halogens is 1. The third kappa shape index (κ3) is 3.26. The summed E-state index contributed by atoms with van der Waals surface area (Å²) in [6.07, 6.45) is 0. The number of anilines is 1. The molecule has 1 saturated heterocycles. The first-order chi connectivity index (χ1) is 21.5. The molecule has 44 heavy (non-hydrogen) atoms. The molecule has 4 nitrogen and oxygen atoms in total. The summed E-state index contributed by atoms with van der Waals surface area (Å²) < 4.78 is 0. The Morgan fingerprint density at radius 2 is 0.841 bits per heavy atom. The van der Waals surface area contributed by atoms with Crippen LogP contribution in [0.15, 0.2) is 146 Å². The molecule has 8 rings (SSSR count). The van der Waals surface area contributed by atoms with Crippen LogP contribution in [-0.4, -0.2) is 17.6 Å². The van der Waals surface area contributed by atoms with Gasteiger partial charge in [0.25, 0.3) is 0 Å². The maximum atomic E-state index is 15.8. The molecule has 2 fully saturated rings. The minimum atomic E-state index is -1.41. The minimum Gasteiger partial charge on any atom is -0.297 e. The Bertz CT molecular complexity index is 1850. The van der Waals surface area contributed by atoms with E-state index in [9.17, 15) is 9.59 Å². The molecule has 5 aromatic carbocycles. The van der Waals surface area contributed by atoms with E-state index in [1.165, 1.54) is 4.90 Å². The van der Waals surface area contributed by atoms with Crippen LogP contribution in [0.3, 0.4) is 0 Å². The maximum Gasteiger partial charge on any atom is 0.239 e. The van der Waals surface area contributed by atoms with Gasteiger partial charge in [-0.15, -0.1) is 0 Å². The molecule has 3 aliphatic rings. The van der Waals surface area contributed by atoms with E-state index in [1.807, 2.05) is 121 Å². The van der Waals surface area contributed by atoms with Crippen LogP contribution in [-0.2, 0) is 25.2 Å². The van der Waals surface area contributed by atoms with Gasteiger partial charge >= 0.3 is 0 Å². The monoisotopic (exact) mass is 591 g/mol. The zero-order valence-corrected chi connectivity index (χ0v) is 24.3. The number of amides is 2. The fourth-order valence-electron chi connectivity index (χ4n) is 8.18. The number of hydrogen-bond donors (Lipinski definition) is 0. The van der Waals surface area contributed by atoms with Crippen molar-refractivity contribution < 1.29 is 14.4 Å². The Morgan fingerprint density at radius 1 is 0.477 bits per heavy atom. The number of carbonyl (C=O) groups is 3. The maximum absolute atomic E-state index is 15.8. The average Bonchev–Trinajstić information content (AvgIpc) is 3.59. The Kier molecular flexibility index (Phi) is 5.87. The van der Waals surface area contributed by atoms with Crippen molar-refractivity contribution in [3.63, 3.8) is 0 Å². The fourth-order valence-corrected chi connectivity index (χ4v) is 8.30. The quantitative estimate of drug-likeness (QED) is 0.199. The summed E-state index contributed by atoms with van der Waals surface area (Å²) in [7, 11) is 0. The second kappa shape index (κ2) is 9.73. The van der Waals surface area contributed by atoms with Crippen molar-refractivity contribution >= 4 is 46.0 Å². The summed E-state index contributed by atoms with van der Waals surface area (Å²) in [6, 6.07) is 45.6. The first-order valence-corrected chi connectivity index (χ1v) is 15.1. The first-order valence-electron chi connectivity index (χ1n) is 14.7. The van der Waals surface area contributed by atoms with E-state index in [0.717, 1.165) is 22.3 Å². The summed E-state index contributed by atoms with van der Waals surface area (Å²) >= 11 is 6.20. The normalized spacial score (nSPS) is 25.6. The summed E-state index contributed by atoms with van der Waals surface area (Å²) in [4.78, 5) is 46.8. The van der Waals surface area contributed by atoms with Crippen LogP contribution in [0, 0.1) is 11.8 Å². The molecule has 0 unspecified atom stereocenters. The highest BCUT2D eigenvalue weighted by Crippen LogP contribution is 2.74. The van der Waals surface area contributed by atoms with E-state index in [-0.39, 0.29) is 17.6 Å². The van der Waals surface area contributed by atoms with Gasteiger partial charge in [-0.1, -0.05) is 133 Å². The number of allylic oxidation sites excluding steroid dienone is 2. The SMILES string of the molecule is O=C1[C@H]2[C@H](C(=O)N1c1ccc(Cl)cc1)[C@@]1(c3ccccc3)C(=O)[C@@]2(c2ccccc2)C(c2ccccc2)=C1c1ccccc1. The van der Waals surface area contributed by atoms with E-state index in [0.29, 0.717) is 21.8 Å². The van der Waals surface area contributed by atoms with Gasteiger partial charge in [0, 0.05) is 5.02 Å². The Balaban J connectivity index is 1.55. The van der Waals surface area contributed by atoms with Gasteiger partial charge in [0.2, 0.25) is 11.8 Å². The van der Waals surface area contributed by atoms with Crippen LogP contribution in [0.2, 0.25) is 5.02 Å². The topological polar surface area (TPSA) is 54.5 Å². The lowest BCUT2D eigenvalue weighted by atomic mass is 9.59. The van der Waals surface area contributed by atoms with Gasteiger partial charge in [-0.05, 0) is 57.7 Å². The van der Waals surface area contributed by atoms with Crippen LogP contribution in [0.25, 0.3) is 11.1 Å². The summed E-state index contributed by atoms with van der Waals surface area (Å²) in [5.41, 5.74) is 2.30. The molecule has 4 atom stereocenters. The minimum absolute atomic E-state index is 0.132. The summed E-state index contributed by atoms with van der Waals surface area (Å²) in [5.74, 6) is -2.80. The third-order valence-electron chi connectivity index (χ3n) is 9.66. The molecule has 2 aliphatic carbocycles. The van der Waals surface area contributed by atoms with Crippen molar-refractivity contribution in [3.05, 3.63) is 173 Å². The van der Waals surface area contributed by atoms with Gasteiger partial charge in [-0.3, -0.25) is 14.4 Å². The lowest BCUT2D eigenvalue weighted by molar-refractivity contribution is -0.130. The number of imide groups is 1. The van der Waals surface area contributed by atoms with Crippen molar-refractivity contribution in [2.75, 3.05) is 4.90 Å². The molecule has 2 amide bonds. The fraction of sp³-hybridized carbons (Fsp3) is 0.103. The number of benzene rings is 5. The molecule has 5 heteroatoms. The molecular formula is C39H26ClNO3. The lowest BCUT2D eigenvalue weighted by Gasteiger charge is -2.39. The lowest BCUT2D eigenvalue weighted by Crippen LogP contribution is -2.45. The average molecular weight is 592 g/mol. The van der Waals surface area contributed by atoms with Crippen molar-refractivity contribution in [2.24, 2.45) is 11.8 Å². The molecule has 0 spiro atoms. The highest BCUT2D eigenvalue weighted by molar-refractivity contribution is 6.39. The smallest absolute Gasteiger partial charge is 0.239 e. The van der Waals surface area contributed by atoms with Gasteiger partial charge < -0.3 is 0 Å². The largest absolute Gasteiger partial charge is 0.297 e. The molecule has 1 heterocycles. The summed E-state index contributed by atoms with van der Waals surface area (Å²) in [6.45, 7) is 0. The Morgan fingerprint density at radius 3 is 1.23 bits per heavy atom. The van der Waals surface area contributed by atoms with Gasteiger partial charge in [-0.2, -0.15) is 0 Å². The zero-order chi connectivity index (χ0) is 30.1. The first kappa shape index (κ1) is 26.6. The standard InChI is InChI=1S/C39H26ClNO3/c40-29-21-23-30(24-22-29)41-35(42)33-34(36(41)43)39(28-19-11-4-12-20-28)32(26-15-7-2-8-16-26)31(25-13-5-1-6-14-25)38(33,37(39)44)27-17-9-3-10-18-27/h1-24,33-34H/t33-,34-,38+,39+/m1/s1. The number of rotatable bonds is 5. The highest BCUT2D eigenvalue weighted by Gasteiger charge is 2.82. The zero-order valence-electron chi connectivity index (χ0n) is 23.6.